The summed E-state index contributed by atoms with van der Waals surface area (Å²) in [5, 5.41) is 13.9. The van der Waals surface area contributed by atoms with Crippen LogP contribution >= 0.6 is 0 Å². The van der Waals surface area contributed by atoms with E-state index < -0.39 is 85.7 Å². The normalized spacial score (nSPS) is 34.0. The number of alkyl halides is 2. The van der Waals surface area contributed by atoms with Crippen molar-refractivity contribution in [1.29, 1.82) is 0 Å². The number of piperidine rings is 1. The number of nitrogens with zero attached hydrogens (tertiary/aromatic N) is 4. The van der Waals surface area contributed by atoms with Gasteiger partial charge in [-0.3, -0.25) is 19.4 Å². The number of aliphatic hydroxyl groups is 1. The van der Waals surface area contributed by atoms with Crippen LogP contribution in [0.1, 0.15) is 68.8 Å². The SMILES string of the molecule is CCC12C=CCN3CC[C@@]4(c5cc([C@@]6(C(=O)OC)C[C@H]7CC(C(C)(F)F)CN(Cc8c6[nH]c6ccc(S(=O)(=O)N(C)C)cc86)C7)c(OC)cc5N(C)[C@H]4[C@@](O)(C(=O)OC)[C@@H]1OC(C)=O)[C@@H]32. The Kier molecular flexibility index (Phi) is 10.6. The van der Waals surface area contributed by atoms with Crippen molar-refractivity contribution in [3.8, 4) is 5.75 Å². The number of hydrogen-bond acceptors (Lipinski definition) is 13. The van der Waals surface area contributed by atoms with Crippen LogP contribution in [0.3, 0.4) is 0 Å². The molecule has 0 radical (unpaired) electrons. The summed E-state index contributed by atoms with van der Waals surface area (Å²) in [6.45, 7) is 5.83. The van der Waals surface area contributed by atoms with Crippen molar-refractivity contribution in [1.82, 2.24) is 19.1 Å². The lowest BCUT2D eigenvalue weighted by molar-refractivity contribution is -0.228. The van der Waals surface area contributed by atoms with Gasteiger partial charge in [0.25, 0.3) is 0 Å². The minimum absolute atomic E-state index is 0.0185. The molecule has 18 heteroatoms. The summed E-state index contributed by atoms with van der Waals surface area (Å²) in [6, 6.07) is 6.98. The van der Waals surface area contributed by atoms with E-state index in [4.69, 9.17) is 18.9 Å². The first-order valence-corrected chi connectivity index (χ1v) is 23.7. The second kappa shape index (κ2) is 15.2. The fraction of sp³-hybridized carbons (Fsp3) is 0.596. The number of methoxy groups -OCH3 is 3. The van der Waals surface area contributed by atoms with Gasteiger partial charge in [-0.15, -0.1) is 0 Å². The van der Waals surface area contributed by atoms with Crippen molar-refractivity contribution in [3.05, 3.63) is 64.9 Å². The Morgan fingerprint density at radius 1 is 1.03 bits per heavy atom. The smallest absolute Gasteiger partial charge is 0.344 e. The highest BCUT2D eigenvalue weighted by molar-refractivity contribution is 7.89. The zero-order chi connectivity index (χ0) is 47.0. The summed E-state index contributed by atoms with van der Waals surface area (Å²) in [5.74, 6) is -6.57. The molecule has 1 spiro atoms. The van der Waals surface area contributed by atoms with E-state index in [2.05, 4.69) is 9.88 Å². The molecule has 2 bridgehead atoms. The molecule has 6 heterocycles. The number of carbonyl (C=O) groups is 3. The van der Waals surface area contributed by atoms with E-state index in [1.165, 1.54) is 48.4 Å². The fourth-order valence-corrected chi connectivity index (χ4v) is 14.6. The van der Waals surface area contributed by atoms with Crippen LogP contribution in [0.2, 0.25) is 0 Å². The topological polar surface area (TPSA) is 171 Å². The van der Waals surface area contributed by atoms with Gasteiger partial charge in [-0.2, -0.15) is 0 Å². The van der Waals surface area contributed by atoms with E-state index in [9.17, 15) is 23.1 Å². The lowest BCUT2D eigenvalue weighted by Crippen LogP contribution is -2.81. The van der Waals surface area contributed by atoms with Gasteiger partial charge in [0, 0.05) is 111 Å². The number of esters is 3. The lowest BCUT2D eigenvalue weighted by Gasteiger charge is -2.63. The quantitative estimate of drug-likeness (QED) is 0.177. The second-order valence-corrected chi connectivity index (χ2v) is 21.6. The standard InChI is InChI=1S/C47H59F2N5O10S/c1-10-44-14-11-16-54-17-15-45(38(44)54)32-20-33(36(61-7)21-35(32)52(6)39(45)47(58,42(57)63-9)40(44)64-26(2)55)46(41(56)62-8)22-27-18-28(43(3,48)49)24-53(23-27)25-31-30-19-29(65(59,60)51(4)5)12-13-34(30)50-37(31)46/h11-14,19-21,27-28,38-40,50,58H,10,15-18,22-25H2,1-9H3/t27-,28?,38+,39-,40-,44?,45-,46+,47+/m1/s1. The number of rotatable bonds is 9. The predicted molar refractivity (Wildman–Crippen MR) is 235 cm³/mol. The number of anilines is 1. The molecule has 3 aromatic rings. The van der Waals surface area contributed by atoms with Gasteiger partial charge in [0.1, 0.15) is 11.2 Å². The molecule has 65 heavy (non-hydrogen) atoms. The zero-order valence-electron chi connectivity index (χ0n) is 38.4. The maximum Gasteiger partial charge on any atom is 0.344 e. The van der Waals surface area contributed by atoms with E-state index in [1.54, 1.807) is 25.2 Å². The van der Waals surface area contributed by atoms with Gasteiger partial charge in [0.15, 0.2) is 6.10 Å². The molecule has 15 nitrogen and oxygen atoms in total. The molecule has 1 aliphatic carbocycles. The molecule has 2 saturated heterocycles. The Balaban J connectivity index is 1.37. The van der Waals surface area contributed by atoms with Gasteiger partial charge < -0.3 is 33.9 Å². The molecule has 3 unspecified atom stereocenters. The van der Waals surface area contributed by atoms with Crippen LogP contribution in [-0.4, -0.2) is 149 Å². The van der Waals surface area contributed by atoms with Gasteiger partial charge in [-0.05, 0) is 80.5 Å². The molecule has 9 rings (SSSR count). The molecule has 352 valence electrons. The average molecular weight is 924 g/mol. The van der Waals surface area contributed by atoms with Gasteiger partial charge in [0.05, 0.1) is 32.3 Å². The van der Waals surface area contributed by atoms with Crippen molar-refractivity contribution < 1.29 is 55.6 Å². The van der Waals surface area contributed by atoms with E-state index in [-0.39, 0.29) is 36.6 Å². The Hall–Kier alpha value is -4.62. The molecule has 5 aliphatic heterocycles. The maximum absolute atomic E-state index is 15.5. The molecule has 2 aromatic carbocycles. The Morgan fingerprint density at radius 3 is 2.38 bits per heavy atom. The highest BCUT2D eigenvalue weighted by atomic mass is 32.2. The van der Waals surface area contributed by atoms with Crippen LogP contribution in [0.4, 0.5) is 14.5 Å². The van der Waals surface area contributed by atoms with E-state index in [0.717, 1.165) is 16.8 Å². The number of H-pyrrole nitrogens is 1. The number of halogens is 2. The molecule has 6 aliphatic rings. The highest BCUT2D eigenvalue weighted by Gasteiger charge is 2.80. The van der Waals surface area contributed by atoms with Gasteiger partial charge >= 0.3 is 17.9 Å². The second-order valence-electron chi connectivity index (χ2n) is 19.5. The van der Waals surface area contributed by atoms with E-state index in [1.807, 2.05) is 34.9 Å². The van der Waals surface area contributed by atoms with Crippen molar-refractivity contribution in [2.24, 2.45) is 17.3 Å². The number of aromatic nitrogens is 1. The van der Waals surface area contributed by atoms with Crippen molar-refractivity contribution >= 4 is 44.5 Å². The van der Waals surface area contributed by atoms with E-state index >= 15 is 13.6 Å². The first kappa shape index (κ1) is 45.5. The van der Waals surface area contributed by atoms with Crippen LogP contribution in [0.15, 0.2) is 47.4 Å². The largest absolute Gasteiger partial charge is 0.496 e. The number of aromatic amines is 1. The van der Waals surface area contributed by atoms with Crippen LogP contribution in [0.5, 0.6) is 5.75 Å². The van der Waals surface area contributed by atoms with Crippen LogP contribution < -0.4 is 9.64 Å². The number of ether oxygens (including phenoxy) is 4. The summed E-state index contributed by atoms with van der Waals surface area (Å²) < 4.78 is 83.0. The molecule has 10 atom stereocenters. The number of benzene rings is 2. The fourth-order valence-electron chi connectivity index (χ4n) is 13.6. The number of fused-ring (bicyclic) bond motifs is 6. The summed E-state index contributed by atoms with van der Waals surface area (Å²) in [4.78, 5) is 52.5. The minimum atomic E-state index is -3.92. The maximum atomic E-state index is 15.5. The van der Waals surface area contributed by atoms with Gasteiger partial charge in [0.2, 0.25) is 21.5 Å². The van der Waals surface area contributed by atoms with Crippen molar-refractivity contribution in [2.45, 2.75) is 98.4 Å². The highest BCUT2D eigenvalue weighted by Crippen LogP contribution is 2.68. The van der Waals surface area contributed by atoms with Crippen molar-refractivity contribution in [2.75, 3.05) is 73.6 Å². The summed E-state index contributed by atoms with van der Waals surface area (Å²) in [7, 11) is 4.70. The monoisotopic (exact) mass is 923 g/mol. The van der Waals surface area contributed by atoms with Crippen LogP contribution in [0.25, 0.3) is 10.9 Å². The third-order valence-electron chi connectivity index (χ3n) is 16.1. The number of nitrogens with one attached hydrogen (secondary N) is 1. The van der Waals surface area contributed by atoms with Crippen LogP contribution in [0, 0.1) is 17.3 Å². The van der Waals surface area contributed by atoms with Crippen LogP contribution in [-0.2, 0) is 56.0 Å². The summed E-state index contributed by atoms with van der Waals surface area (Å²) in [5.41, 5.74) is -3.07. The zero-order valence-corrected chi connectivity index (χ0v) is 39.2. The lowest BCUT2D eigenvalue weighted by atomic mass is 9.47. The van der Waals surface area contributed by atoms with Gasteiger partial charge in [-0.25, -0.2) is 26.3 Å². The summed E-state index contributed by atoms with van der Waals surface area (Å²) in [6.07, 6.45) is 3.57. The third kappa shape index (κ3) is 6.08. The van der Waals surface area contributed by atoms with E-state index in [0.29, 0.717) is 65.9 Å². The Bertz CT molecular complexity index is 2630. The molecule has 1 saturated carbocycles. The molecular formula is C47H59F2N5O10S. The Labute approximate surface area is 378 Å². The average Bonchev–Trinajstić information content (AvgIpc) is 3.91. The van der Waals surface area contributed by atoms with Crippen molar-refractivity contribution in [3.63, 3.8) is 0 Å². The molecule has 2 N–H and O–H groups in total. The number of likely N-dealkylation sites (N-methyl/N-ethyl adjacent to an activating group) is 1. The first-order chi connectivity index (χ1) is 30.6. The number of carbonyl (C=O) groups excluding carboxylic acids is 3. The number of sulfonamides is 1. The third-order valence-corrected chi connectivity index (χ3v) is 17.9. The molecule has 0 amide bonds. The predicted octanol–water partition coefficient (Wildman–Crippen LogP) is 4.33. The summed E-state index contributed by atoms with van der Waals surface area (Å²) >= 11 is 0. The molecular weight excluding hydrogens is 865 g/mol. The molecule has 1 aromatic heterocycles. The Morgan fingerprint density at radius 2 is 1.75 bits per heavy atom. The molecule has 3 fully saturated rings. The first-order valence-electron chi connectivity index (χ1n) is 22.2. The van der Waals surface area contributed by atoms with Gasteiger partial charge in [-0.1, -0.05) is 19.1 Å². The number of hydrogen-bond donors (Lipinski definition) is 2. The minimum Gasteiger partial charge on any atom is -0.496 e.